The van der Waals surface area contributed by atoms with Crippen molar-refractivity contribution in [1.82, 2.24) is 0 Å². The van der Waals surface area contributed by atoms with E-state index in [0.717, 1.165) is 12.8 Å². The first kappa shape index (κ1) is 13.5. The molecule has 0 saturated heterocycles. The first-order valence-electron chi connectivity index (χ1n) is 6.46. The number of Topliss-reactive ketones (excluding diaryl/α,β-unsaturated/α-hetero) is 1. The van der Waals surface area contributed by atoms with Crippen molar-refractivity contribution in [3.05, 3.63) is 34.6 Å². The summed E-state index contributed by atoms with van der Waals surface area (Å²) in [6.45, 7) is 4.37. The molecule has 1 aromatic carbocycles. The fraction of sp³-hybridized carbons (Fsp3) is 0.533. The molecule has 1 aromatic rings. The second kappa shape index (κ2) is 5.40. The summed E-state index contributed by atoms with van der Waals surface area (Å²) in [5.41, 5.74) is 0.462. The van der Waals surface area contributed by atoms with Crippen LogP contribution in [-0.4, -0.2) is 5.78 Å². The van der Waals surface area contributed by atoms with Crippen LogP contribution in [0, 0.1) is 23.6 Å². The van der Waals surface area contributed by atoms with Crippen molar-refractivity contribution in [3.63, 3.8) is 0 Å². The first-order valence-corrected chi connectivity index (χ1v) is 6.84. The predicted octanol–water partition coefficient (Wildman–Crippen LogP) is 4.73. The number of benzene rings is 1. The van der Waals surface area contributed by atoms with E-state index in [2.05, 4.69) is 13.8 Å². The second-order valence-corrected chi connectivity index (χ2v) is 6.01. The SMILES string of the molecule is CC1CC(C)CC(C(=O)c2ccc(F)cc2Cl)C1. The van der Waals surface area contributed by atoms with E-state index >= 15 is 0 Å². The summed E-state index contributed by atoms with van der Waals surface area (Å²) in [5.74, 6) is 0.843. The van der Waals surface area contributed by atoms with Gasteiger partial charge >= 0.3 is 0 Å². The molecule has 1 fully saturated rings. The molecule has 1 aliphatic carbocycles. The molecular formula is C15H18ClFO. The summed E-state index contributed by atoms with van der Waals surface area (Å²) >= 11 is 5.96. The lowest BCUT2D eigenvalue weighted by Crippen LogP contribution is -2.26. The highest BCUT2D eigenvalue weighted by atomic mass is 35.5. The molecule has 98 valence electrons. The van der Waals surface area contributed by atoms with Crippen LogP contribution in [0.3, 0.4) is 0 Å². The largest absolute Gasteiger partial charge is 0.294 e. The fourth-order valence-corrected chi connectivity index (χ4v) is 3.33. The van der Waals surface area contributed by atoms with Crippen LogP contribution in [-0.2, 0) is 0 Å². The number of halogens is 2. The number of hydrogen-bond donors (Lipinski definition) is 0. The van der Waals surface area contributed by atoms with Gasteiger partial charge in [0.25, 0.3) is 0 Å². The van der Waals surface area contributed by atoms with Crippen molar-refractivity contribution >= 4 is 17.4 Å². The number of ketones is 1. The third kappa shape index (κ3) is 2.92. The van der Waals surface area contributed by atoms with Gasteiger partial charge in [0.2, 0.25) is 0 Å². The summed E-state index contributed by atoms with van der Waals surface area (Å²) < 4.78 is 13.0. The highest BCUT2D eigenvalue weighted by Crippen LogP contribution is 2.35. The standard InChI is InChI=1S/C15H18ClFO/c1-9-5-10(2)7-11(6-9)15(18)13-4-3-12(17)8-14(13)16/h3-4,8-11H,5-7H2,1-2H3. The molecule has 2 rings (SSSR count). The summed E-state index contributed by atoms with van der Waals surface area (Å²) in [6.07, 6.45) is 3.01. The molecule has 0 spiro atoms. The molecule has 1 aliphatic rings. The average Bonchev–Trinajstić information content (AvgIpc) is 2.26. The van der Waals surface area contributed by atoms with E-state index in [9.17, 15) is 9.18 Å². The predicted molar refractivity (Wildman–Crippen MR) is 71.4 cm³/mol. The number of rotatable bonds is 2. The Morgan fingerprint density at radius 1 is 1.22 bits per heavy atom. The van der Waals surface area contributed by atoms with Crippen LogP contribution in [0.15, 0.2) is 18.2 Å². The van der Waals surface area contributed by atoms with Crippen molar-refractivity contribution < 1.29 is 9.18 Å². The molecule has 0 aromatic heterocycles. The molecule has 2 unspecified atom stereocenters. The lowest BCUT2D eigenvalue weighted by atomic mass is 9.74. The zero-order valence-corrected chi connectivity index (χ0v) is 11.5. The molecule has 1 nitrogen and oxygen atoms in total. The van der Waals surface area contributed by atoms with Gasteiger partial charge in [-0.2, -0.15) is 0 Å². The topological polar surface area (TPSA) is 17.1 Å². The van der Waals surface area contributed by atoms with Crippen LogP contribution in [0.2, 0.25) is 5.02 Å². The molecular weight excluding hydrogens is 251 g/mol. The average molecular weight is 269 g/mol. The first-order chi connectivity index (χ1) is 8.47. The van der Waals surface area contributed by atoms with E-state index in [0.29, 0.717) is 17.4 Å². The Kier molecular flexibility index (Phi) is 4.06. The van der Waals surface area contributed by atoms with Crippen LogP contribution in [0.1, 0.15) is 43.5 Å². The summed E-state index contributed by atoms with van der Waals surface area (Å²) in [7, 11) is 0. The second-order valence-electron chi connectivity index (χ2n) is 5.60. The van der Waals surface area contributed by atoms with Crippen LogP contribution in [0.4, 0.5) is 4.39 Å². The minimum atomic E-state index is -0.401. The van der Waals surface area contributed by atoms with Gasteiger partial charge in [0, 0.05) is 11.5 Å². The number of carbonyl (C=O) groups excluding carboxylic acids is 1. The van der Waals surface area contributed by atoms with E-state index in [-0.39, 0.29) is 16.7 Å². The van der Waals surface area contributed by atoms with E-state index in [4.69, 9.17) is 11.6 Å². The fourth-order valence-electron chi connectivity index (χ4n) is 3.07. The minimum Gasteiger partial charge on any atom is -0.294 e. The molecule has 0 N–H and O–H groups in total. The van der Waals surface area contributed by atoms with Crippen LogP contribution >= 0.6 is 11.6 Å². The van der Waals surface area contributed by atoms with Crippen molar-refractivity contribution in [2.75, 3.05) is 0 Å². The van der Waals surface area contributed by atoms with Gasteiger partial charge in [-0.3, -0.25) is 4.79 Å². The lowest BCUT2D eigenvalue weighted by molar-refractivity contribution is 0.0836. The van der Waals surface area contributed by atoms with Gasteiger partial charge in [0.05, 0.1) is 5.02 Å². The molecule has 0 aliphatic heterocycles. The number of carbonyl (C=O) groups is 1. The van der Waals surface area contributed by atoms with Crippen LogP contribution < -0.4 is 0 Å². The Labute approximate surface area is 112 Å². The summed E-state index contributed by atoms with van der Waals surface area (Å²) in [6, 6.07) is 4.02. The normalized spacial score (nSPS) is 28.1. The van der Waals surface area contributed by atoms with Gasteiger partial charge in [-0.25, -0.2) is 4.39 Å². The molecule has 0 bridgehead atoms. The third-order valence-corrected chi connectivity index (χ3v) is 4.06. The Balaban J connectivity index is 2.20. The smallest absolute Gasteiger partial charge is 0.167 e. The van der Waals surface area contributed by atoms with Gasteiger partial charge in [0.1, 0.15) is 5.82 Å². The Morgan fingerprint density at radius 2 is 1.83 bits per heavy atom. The summed E-state index contributed by atoms with van der Waals surface area (Å²) in [4.78, 5) is 12.4. The van der Waals surface area contributed by atoms with Crippen LogP contribution in [0.25, 0.3) is 0 Å². The molecule has 1 saturated carbocycles. The number of hydrogen-bond acceptors (Lipinski definition) is 1. The molecule has 0 radical (unpaired) electrons. The minimum absolute atomic E-state index is 0.0340. The highest BCUT2D eigenvalue weighted by Gasteiger charge is 2.30. The van der Waals surface area contributed by atoms with Gasteiger partial charge in [-0.05, 0) is 49.3 Å². The molecule has 2 atom stereocenters. The monoisotopic (exact) mass is 268 g/mol. The van der Waals surface area contributed by atoms with E-state index in [1.807, 2.05) is 0 Å². The lowest BCUT2D eigenvalue weighted by Gasteiger charge is -2.30. The van der Waals surface area contributed by atoms with Gasteiger partial charge < -0.3 is 0 Å². The van der Waals surface area contributed by atoms with Crippen molar-refractivity contribution in [1.29, 1.82) is 0 Å². The summed E-state index contributed by atoms with van der Waals surface area (Å²) in [5, 5.41) is 0.228. The zero-order valence-electron chi connectivity index (χ0n) is 10.7. The molecule has 18 heavy (non-hydrogen) atoms. The van der Waals surface area contributed by atoms with Gasteiger partial charge in [-0.15, -0.1) is 0 Å². The van der Waals surface area contributed by atoms with Gasteiger partial charge in [-0.1, -0.05) is 25.4 Å². The van der Waals surface area contributed by atoms with Crippen molar-refractivity contribution in [3.8, 4) is 0 Å². The van der Waals surface area contributed by atoms with E-state index in [1.165, 1.54) is 24.6 Å². The Hall–Kier alpha value is -0.890. The maximum atomic E-state index is 13.0. The quantitative estimate of drug-likeness (QED) is 0.709. The van der Waals surface area contributed by atoms with E-state index < -0.39 is 5.82 Å². The zero-order chi connectivity index (χ0) is 13.3. The molecule has 0 amide bonds. The molecule has 0 heterocycles. The van der Waals surface area contributed by atoms with Crippen molar-refractivity contribution in [2.45, 2.75) is 33.1 Å². The van der Waals surface area contributed by atoms with Crippen LogP contribution in [0.5, 0.6) is 0 Å². The highest BCUT2D eigenvalue weighted by molar-refractivity contribution is 6.34. The third-order valence-electron chi connectivity index (χ3n) is 3.75. The van der Waals surface area contributed by atoms with E-state index in [1.54, 1.807) is 0 Å². The maximum Gasteiger partial charge on any atom is 0.167 e. The Bertz CT molecular complexity index is 448. The van der Waals surface area contributed by atoms with Crippen molar-refractivity contribution in [2.24, 2.45) is 17.8 Å². The Morgan fingerprint density at radius 3 is 2.39 bits per heavy atom. The van der Waals surface area contributed by atoms with Gasteiger partial charge in [0.15, 0.2) is 5.78 Å². The molecule has 3 heteroatoms. The maximum absolute atomic E-state index is 13.0.